The molecule has 0 atom stereocenters. The predicted molar refractivity (Wildman–Crippen MR) is 131 cm³/mol. The average molecular weight is 525 g/mol. The van der Waals surface area contributed by atoms with Gasteiger partial charge in [-0.05, 0) is 77.0 Å². The smallest absolute Gasteiger partial charge is 0.266 e. The number of nitrogens with zero attached hydrogens (tertiary/aromatic N) is 1. The fourth-order valence-corrected chi connectivity index (χ4v) is 3.62. The van der Waals surface area contributed by atoms with Crippen LogP contribution in [0.25, 0.3) is 6.08 Å². The highest BCUT2D eigenvalue weighted by Gasteiger charge is 2.15. The summed E-state index contributed by atoms with van der Waals surface area (Å²) in [5.41, 5.74) is 1.38. The van der Waals surface area contributed by atoms with Crippen molar-refractivity contribution in [2.75, 3.05) is 19.0 Å². The number of rotatable bonds is 9. The number of nitriles is 1. The molecule has 8 heteroatoms. The van der Waals surface area contributed by atoms with Crippen LogP contribution in [0.15, 0.2) is 70.7 Å². The van der Waals surface area contributed by atoms with Gasteiger partial charge in [-0.25, -0.2) is 4.39 Å². The Hall–Kier alpha value is -3.83. The van der Waals surface area contributed by atoms with Crippen molar-refractivity contribution in [3.05, 3.63) is 87.7 Å². The fourth-order valence-electron chi connectivity index (χ4n) is 3.04. The summed E-state index contributed by atoms with van der Waals surface area (Å²) in [5, 5.41) is 12.2. The number of carbonyl (C=O) groups is 1. The number of hydrogen-bond donors (Lipinski definition) is 1. The SMILES string of the molecule is CCOc1ccc(NC(=O)/C(C#N)=C\c2cc(Br)c(OCc3ccccc3F)c(OC)c2)cc1. The topological polar surface area (TPSA) is 80.6 Å². The molecule has 0 bridgehead atoms. The van der Waals surface area contributed by atoms with Gasteiger partial charge in [-0.3, -0.25) is 4.79 Å². The summed E-state index contributed by atoms with van der Waals surface area (Å²) in [6.45, 7) is 2.43. The molecule has 0 spiro atoms. The third-order valence-electron chi connectivity index (χ3n) is 4.68. The first-order valence-electron chi connectivity index (χ1n) is 10.3. The number of nitrogens with one attached hydrogen (secondary N) is 1. The summed E-state index contributed by atoms with van der Waals surface area (Å²) < 4.78 is 31.0. The van der Waals surface area contributed by atoms with Crippen LogP contribution in [-0.4, -0.2) is 19.6 Å². The number of benzene rings is 3. The Kier molecular flexibility index (Phi) is 8.66. The van der Waals surface area contributed by atoms with Crippen molar-refractivity contribution >= 4 is 33.6 Å². The molecular formula is C26H22BrFN2O4. The lowest BCUT2D eigenvalue weighted by Gasteiger charge is -2.14. The van der Waals surface area contributed by atoms with Gasteiger partial charge in [-0.2, -0.15) is 5.26 Å². The van der Waals surface area contributed by atoms with Gasteiger partial charge in [0.1, 0.15) is 29.8 Å². The quantitative estimate of drug-likeness (QED) is 0.269. The lowest BCUT2D eigenvalue weighted by Crippen LogP contribution is -2.13. The third kappa shape index (κ3) is 6.36. The second-order valence-electron chi connectivity index (χ2n) is 7.00. The van der Waals surface area contributed by atoms with Gasteiger partial charge in [0.05, 0.1) is 18.2 Å². The van der Waals surface area contributed by atoms with Gasteiger partial charge in [0, 0.05) is 11.3 Å². The number of hydrogen-bond acceptors (Lipinski definition) is 5. The molecule has 1 N–H and O–H groups in total. The highest BCUT2D eigenvalue weighted by atomic mass is 79.9. The van der Waals surface area contributed by atoms with Crippen molar-refractivity contribution in [2.45, 2.75) is 13.5 Å². The molecule has 0 aliphatic rings. The summed E-state index contributed by atoms with van der Waals surface area (Å²) in [6.07, 6.45) is 1.44. The maximum Gasteiger partial charge on any atom is 0.266 e. The van der Waals surface area contributed by atoms with Crippen LogP contribution in [0.1, 0.15) is 18.1 Å². The van der Waals surface area contributed by atoms with Gasteiger partial charge >= 0.3 is 0 Å². The van der Waals surface area contributed by atoms with E-state index in [1.807, 2.05) is 13.0 Å². The van der Waals surface area contributed by atoms with E-state index in [-0.39, 0.29) is 18.0 Å². The van der Waals surface area contributed by atoms with Crippen molar-refractivity contribution < 1.29 is 23.4 Å². The highest BCUT2D eigenvalue weighted by Crippen LogP contribution is 2.38. The number of amides is 1. The fraction of sp³-hybridized carbons (Fsp3) is 0.154. The summed E-state index contributed by atoms with van der Waals surface area (Å²) in [5.74, 6) is 0.503. The zero-order valence-electron chi connectivity index (χ0n) is 18.6. The van der Waals surface area contributed by atoms with Gasteiger partial charge in [-0.1, -0.05) is 18.2 Å². The lowest BCUT2D eigenvalue weighted by atomic mass is 10.1. The Labute approximate surface area is 205 Å². The zero-order chi connectivity index (χ0) is 24.5. The second kappa shape index (κ2) is 11.9. The van der Waals surface area contributed by atoms with E-state index >= 15 is 0 Å². The lowest BCUT2D eigenvalue weighted by molar-refractivity contribution is -0.112. The average Bonchev–Trinajstić information content (AvgIpc) is 2.83. The van der Waals surface area contributed by atoms with Crippen molar-refractivity contribution in [1.29, 1.82) is 5.26 Å². The molecule has 0 aliphatic carbocycles. The Morgan fingerprint density at radius 1 is 1.15 bits per heavy atom. The largest absolute Gasteiger partial charge is 0.494 e. The van der Waals surface area contributed by atoms with Crippen LogP contribution in [-0.2, 0) is 11.4 Å². The molecule has 3 aromatic rings. The molecule has 6 nitrogen and oxygen atoms in total. The molecule has 0 unspecified atom stereocenters. The number of carbonyl (C=O) groups excluding carboxylic acids is 1. The van der Waals surface area contributed by atoms with Crippen LogP contribution < -0.4 is 19.5 Å². The standard InChI is InChI=1S/C26H22BrFN2O4/c1-3-33-21-10-8-20(9-11-21)30-26(31)19(15-29)12-17-13-22(27)25(24(14-17)32-2)34-16-18-6-4-5-7-23(18)28/h4-14H,3,16H2,1-2H3,(H,30,31)/b19-12-. The van der Waals surface area contributed by atoms with Gasteiger partial charge in [0.15, 0.2) is 11.5 Å². The monoisotopic (exact) mass is 524 g/mol. The molecular weight excluding hydrogens is 503 g/mol. The molecule has 0 heterocycles. The van der Waals surface area contributed by atoms with Crippen molar-refractivity contribution in [2.24, 2.45) is 0 Å². The van der Waals surface area contributed by atoms with Crippen LogP contribution in [0.3, 0.4) is 0 Å². The molecule has 0 radical (unpaired) electrons. The van der Waals surface area contributed by atoms with E-state index in [0.717, 1.165) is 0 Å². The number of ether oxygens (including phenoxy) is 3. The zero-order valence-corrected chi connectivity index (χ0v) is 20.2. The van der Waals surface area contributed by atoms with E-state index in [4.69, 9.17) is 14.2 Å². The molecule has 3 rings (SSSR count). The van der Waals surface area contributed by atoms with Crippen LogP contribution >= 0.6 is 15.9 Å². The van der Waals surface area contributed by atoms with E-state index in [2.05, 4.69) is 21.2 Å². The summed E-state index contributed by atoms with van der Waals surface area (Å²) in [6, 6.07) is 18.4. The Morgan fingerprint density at radius 3 is 2.53 bits per heavy atom. The van der Waals surface area contributed by atoms with Crippen LogP contribution in [0.4, 0.5) is 10.1 Å². The van der Waals surface area contributed by atoms with Crippen LogP contribution in [0.2, 0.25) is 0 Å². The minimum absolute atomic E-state index is 0.00472. The van der Waals surface area contributed by atoms with E-state index in [1.165, 1.54) is 19.3 Å². The minimum atomic E-state index is -0.554. The predicted octanol–water partition coefficient (Wildman–Crippen LogP) is 6.12. The first-order chi connectivity index (χ1) is 16.4. The van der Waals surface area contributed by atoms with E-state index in [1.54, 1.807) is 54.6 Å². The minimum Gasteiger partial charge on any atom is -0.494 e. The molecule has 0 aliphatic heterocycles. The summed E-state index contributed by atoms with van der Waals surface area (Å²) in [4.78, 5) is 12.6. The number of methoxy groups -OCH3 is 1. The van der Waals surface area contributed by atoms with Gasteiger partial charge in [0.2, 0.25) is 0 Å². The van der Waals surface area contributed by atoms with Crippen molar-refractivity contribution in [3.8, 4) is 23.3 Å². The number of halogens is 2. The van der Waals surface area contributed by atoms with Gasteiger partial charge < -0.3 is 19.5 Å². The van der Waals surface area contributed by atoms with Gasteiger partial charge in [0.25, 0.3) is 5.91 Å². The molecule has 34 heavy (non-hydrogen) atoms. The summed E-state index contributed by atoms with van der Waals surface area (Å²) >= 11 is 3.43. The Bertz CT molecular complexity index is 1240. The third-order valence-corrected chi connectivity index (χ3v) is 5.27. The molecule has 0 aromatic heterocycles. The molecule has 1 amide bonds. The van der Waals surface area contributed by atoms with E-state index in [0.29, 0.717) is 45.1 Å². The second-order valence-corrected chi connectivity index (χ2v) is 7.85. The molecule has 0 fully saturated rings. The van der Waals surface area contributed by atoms with E-state index < -0.39 is 5.91 Å². The molecule has 174 valence electrons. The molecule has 0 saturated carbocycles. The van der Waals surface area contributed by atoms with Gasteiger partial charge in [-0.15, -0.1) is 0 Å². The molecule has 3 aromatic carbocycles. The van der Waals surface area contributed by atoms with E-state index in [9.17, 15) is 14.4 Å². The van der Waals surface area contributed by atoms with Crippen LogP contribution in [0.5, 0.6) is 17.2 Å². The maximum absolute atomic E-state index is 13.9. The normalized spacial score (nSPS) is 10.9. The number of anilines is 1. The Morgan fingerprint density at radius 2 is 1.88 bits per heavy atom. The Balaban J connectivity index is 1.78. The highest BCUT2D eigenvalue weighted by molar-refractivity contribution is 9.10. The van der Waals surface area contributed by atoms with Crippen LogP contribution in [0, 0.1) is 17.1 Å². The first-order valence-corrected chi connectivity index (χ1v) is 11.1. The summed E-state index contributed by atoms with van der Waals surface area (Å²) in [7, 11) is 1.47. The molecule has 0 saturated heterocycles. The van der Waals surface area contributed by atoms with Crippen molar-refractivity contribution in [1.82, 2.24) is 0 Å². The maximum atomic E-state index is 13.9. The van der Waals surface area contributed by atoms with Crippen molar-refractivity contribution in [3.63, 3.8) is 0 Å². The first kappa shape index (κ1) is 24.8.